The minimum atomic E-state index is -3.87. The van der Waals surface area contributed by atoms with Crippen molar-refractivity contribution >= 4 is 16.0 Å². The summed E-state index contributed by atoms with van der Waals surface area (Å²) < 4.78 is 35.4. The molecule has 0 bridgehead atoms. The molecule has 35 heavy (non-hydrogen) atoms. The predicted octanol–water partition coefficient (Wildman–Crippen LogP) is 2.67. The molecule has 10 heteroatoms. The highest BCUT2D eigenvalue weighted by Gasteiger charge is 2.34. The zero-order chi connectivity index (χ0) is 25.3. The van der Waals surface area contributed by atoms with E-state index in [9.17, 15) is 23.1 Å². The van der Waals surface area contributed by atoms with E-state index in [0.29, 0.717) is 11.1 Å². The van der Waals surface area contributed by atoms with Gasteiger partial charge >= 0.3 is 5.97 Å². The highest BCUT2D eigenvalue weighted by Crippen LogP contribution is 2.32. The molecule has 0 aliphatic carbocycles. The summed E-state index contributed by atoms with van der Waals surface area (Å²) in [5.41, 5.74) is 2.66. The SMILES string of the molecule is Cc1ccc(C(CC(=O)O)c2ccn(C)c(=O)c2)cc1CN1C[C@@H](C)Oc2ncccc2S1(=O)=O. The molecule has 0 saturated carbocycles. The second-order valence-corrected chi connectivity index (χ2v) is 10.7. The maximum absolute atomic E-state index is 13.4. The van der Waals surface area contributed by atoms with Crippen LogP contribution in [-0.4, -0.2) is 46.0 Å². The quantitative estimate of drug-likeness (QED) is 0.556. The van der Waals surface area contributed by atoms with Gasteiger partial charge in [-0.3, -0.25) is 9.59 Å². The van der Waals surface area contributed by atoms with Crippen molar-refractivity contribution < 1.29 is 23.1 Å². The third-order valence-electron chi connectivity index (χ3n) is 6.16. The highest BCUT2D eigenvalue weighted by atomic mass is 32.2. The molecule has 2 atom stereocenters. The number of aliphatic carboxylic acids is 1. The van der Waals surface area contributed by atoms with Gasteiger partial charge in [-0.1, -0.05) is 18.2 Å². The van der Waals surface area contributed by atoms with Gasteiger partial charge in [0.15, 0.2) is 0 Å². The number of pyridine rings is 2. The van der Waals surface area contributed by atoms with E-state index in [4.69, 9.17) is 4.74 Å². The Kier molecular flexibility index (Phi) is 6.77. The summed E-state index contributed by atoms with van der Waals surface area (Å²) in [6, 6.07) is 11.7. The fourth-order valence-corrected chi connectivity index (χ4v) is 5.78. The molecule has 1 aromatic carbocycles. The molecule has 184 valence electrons. The second kappa shape index (κ2) is 9.63. The summed E-state index contributed by atoms with van der Waals surface area (Å²) in [5.74, 6) is -1.48. The van der Waals surface area contributed by atoms with Gasteiger partial charge in [-0.05, 0) is 54.3 Å². The van der Waals surface area contributed by atoms with Crippen LogP contribution in [0.5, 0.6) is 5.88 Å². The van der Waals surface area contributed by atoms with E-state index in [1.165, 1.54) is 27.2 Å². The van der Waals surface area contributed by atoms with E-state index in [-0.39, 0.29) is 35.8 Å². The first kappa shape index (κ1) is 24.6. The van der Waals surface area contributed by atoms with E-state index in [0.717, 1.165) is 11.1 Å². The number of hydrogen-bond acceptors (Lipinski definition) is 6. The van der Waals surface area contributed by atoms with Gasteiger partial charge in [-0.25, -0.2) is 13.4 Å². The fourth-order valence-electron chi connectivity index (χ4n) is 4.21. The maximum atomic E-state index is 13.4. The van der Waals surface area contributed by atoms with Crippen LogP contribution < -0.4 is 10.3 Å². The van der Waals surface area contributed by atoms with Gasteiger partial charge in [-0.2, -0.15) is 4.31 Å². The molecule has 3 aromatic rings. The number of rotatable bonds is 6. The van der Waals surface area contributed by atoms with Crippen LogP contribution in [0.1, 0.15) is 41.5 Å². The molecule has 1 aliphatic heterocycles. The van der Waals surface area contributed by atoms with Crippen molar-refractivity contribution in [3.05, 3.63) is 87.5 Å². The Morgan fingerprint density at radius 2 is 1.97 bits per heavy atom. The summed E-state index contributed by atoms with van der Waals surface area (Å²) in [4.78, 5) is 28.0. The minimum Gasteiger partial charge on any atom is -0.481 e. The molecular formula is C25H27N3O6S. The maximum Gasteiger partial charge on any atom is 0.304 e. The number of fused-ring (bicyclic) bond motifs is 1. The van der Waals surface area contributed by atoms with Crippen LogP contribution in [0.15, 0.2) is 64.5 Å². The monoisotopic (exact) mass is 497 g/mol. The van der Waals surface area contributed by atoms with Gasteiger partial charge in [0.25, 0.3) is 5.56 Å². The molecule has 1 aliphatic rings. The standard InChI is InChI=1S/C25H27N3O6S/c1-16-6-7-18(21(13-24(30)31)19-8-10-27(3)23(29)12-19)11-20(16)15-28-14-17(2)34-25-22(35(28,32)33)5-4-9-26-25/h4-12,17,21H,13-15H2,1-3H3,(H,30,31)/t17-,21?/m1/s1. The molecular weight excluding hydrogens is 470 g/mol. The molecule has 3 heterocycles. The molecule has 0 radical (unpaired) electrons. The van der Waals surface area contributed by atoms with Gasteiger partial charge in [0.1, 0.15) is 11.0 Å². The Morgan fingerprint density at radius 3 is 2.69 bits per heavy atom. The number of aryl methyl sites for hydroxylation is 2. The molecule has 0 fully saturated rings. The molecule has 2 aromatic heterocycles. The summed E-state index contributed by atoms with van der Waals surface area (Å²) in [6.45, 7) is 3.88. The number of carboxylic acid groups (broad SMARTS) is 1. The lowest BCUT2D eigenvalue weighted by atomic mass is 9.87. The first-order valence-electron chi connectivity index (χ1n) is 11.2. The van der Waals surface area contributed by atoms with Crippen molar-refractivity contribution in [3.63, 3.8) is 0 Å². The average Bonchev–Trinajstić information content (AvgIpc) is 2.89. The summed E-state index contributed by atoms with van der Waals surface area (Å²) in [5, 5.41) is 9.55. The molecule has 4 rings (SSSR count). The van der Waals surface area contributed by atoms with Crippen molar-refractivity contribution in [2.75, 3.05) is 6.54 Å². The number of aromatic nitrogens is 2. The topological polar surface area (TPSA) is 119 Å². The van der Waals surface area contributed by atoms with Crippen molar-refractivity contribution in [1.82, 2.24) is 13.9 Å². The minimum absolute atomic E-state index is 0.0158. The number of nitrogens with zero attached hydrogens (tertiary/aromatic N) is 3. The van der Waals surface area contributed by atoms with Gasteiger partial charge in [0.2, 0.25) is 15.9 Å². The summed E-state index contributed by atoms with van der Waals surface area (Å²) in [7, 11) is -2.25. The van der Waals surface area contributed by atoms with Crippen LogP contribution in [0.3, 0.4) is 0 Å². The molecule has 9 nitrogen and oxygen atoms in total. The number of benzene rings is 1. The van der Waals surface area contributed by atoms with Crippen molar-refractivity contribution in [2.45, 2.75) is 43.7 Å². The number of carbonyl (C=O) groups is 1. The van der Waals surface area contributed by atoms with Crippen LogP contribution in [0.25, 0.3) is 0 Å². The second-order valence-electron chi connectivity index (χ2n) is 8.78. The van der Waals surface area contributed by atoms with Crippen LogP contribution in [-0.2, 0) is 28.4 Å². The summed E-state index contributed by atoms with van der Waals surface area (Å²) >= 11 is 0. The smallest absolute Gasteiger partial charge is 0.304 e. The number of carboxylic acids is 1. The normalized spacial score (nSPS) is 18.2. The van der Waals surface area contributed by atoms with E-state index < -0.39 is 28.0 Å². The molecule has 1 N–H and O–H groups in total. The lowest BCUT2D eigenvalue weighted by molar-refractivity contribution is -0.137. The number of sulfonamides is 1. The highest BCUT2D eigenvalue weighted by molar-refractivity contribution is 7.89. The Balaban J connectivity index is 1.74. The van der Waals surface area contributed by atoms with Crippen LogP contribution in [0.2, 0.25) is 0 Å². The van der Waals surface area contributed by atoms with Crippen molar-refractivity contribution in [1.29, 1.82) is 0 Å². The van der Waals surface area contributed by atoms with Gasteiger partial charge in [-0.15, -0.1) is 0 Å². The average molecular weight is 498 g/mol. The Bertz CT molecular complexity index is 1430. The molecule has 0 saturated heterocycles. The number of hydrogen-bond donors (Lipinski definition) is 1. The predicted molar refractivity (Wildman–Crippen MR) is 129 cm³/mol. The lowest BCUT2D eigenvalue weighted by Gasteiger charge is -2.23. The van der Waals surface area contributed by atoms with Gasteiger partial charge in [0, 0.05) is 38.0 Å². The third-order valence-corrected chi connectivity index (χ3v) is 7.98. The first-order valence-corrected chi connectivity index (χ1v) is 12.6. The third kappa shape index (κ3) is 5.13. The van der Waals surface area contributed by atoms with E-state index in [2.05, 4.69) is 4.98 Å². The van der Waals surface area contributed by atoms with Crippen LogP contribution in [0.4, 0.5) is 0 Å². The van der Waals surface area contributed by atoms with Crippen molar-refractivity contribution in [2.24, 2.45) is 7.05 Å². The molecule has 0 spiro atoms. The Hall–Kier alpha value is -3.50. The van der Waals surface area contributed by atoms with Gasteiger partial charge in [0.05, 0.1) is 13.0 Å². The zero-order valence-corrected chi connectivity index (χ0v) is 20.5. The fraction of sp³-hybridized carbons (Fsp3) is 0.320. The molecule has 1 unspecified atom stereocenters. The van der Waals surface area contributed by atoms with Crippen molar-refractivity contribution in [3.8, 4) is 5.88 Å². The number of ether oxygens (including phenoxy) is 1. The van der Waals surface area contributed by atoms with E-state index in [1.54, 1.807) is 32.3 Å². The first-order chi connectivity index (χ1) is 16.6. The Morgan fingerprint density at radius 1 is 1.23 bits per heavy atom. The molecule has 0 amide bonds. The largest absolute Gasteiger partial charge is 0.481 e. The van der Waals surface area contributed by atoms with Gasteiger partial charge < -0.3 is 14.4 Å². The summed E-state index contributed by atoms with van der Waals surface area (Å²) in [6.07, 6.45) is 2.48. The van der Waals surface area contributed by atoms with Crippen LogP contribution in [0, 0.1) is 6.92 Å². The van der Waals surface area contributed by atoms with E-state index in [1.807, 2.05) is 25.1 Å². The zero-order valence-electron chi connectivity index (χ0n) is 19.7. The Labute approximate surface area is 203 Å². The van der Waals surface area contributed by atoms with E-state index >= 15 is 0 Å². The van der Waals surface area contributed by atoms with Crippen LogP contribution >= 0.6 is 0 Å². The lowest BCUT2D eigenvalue weighted by Crippen LogP contribution is -2.35.